The SMILES string of the molecule is Cc1nn(C)c(C)c1/C=C/C(=O)N1CCc2ccccc21. The highest BCUT2D eigenvalue weighted by Crippen LogP contribution is 2.27. The summed E-state index contributed by atoms with van der Waals surface area (Å²) in [6.45, 7) is 4.73. The summed E-state index contributed by atoms with van der Waals surface area (Å²) in [7, 11) is 1.91. The van der Waals surface area contributed by atoms with E-state index in [0.717, 1.165) is 35.6 Å². The molecule has 4 nitrogen and oxygen atoms in total. The Labute approximate surface area is 124 Å². The van der Waals surface area contributed by atoms with Crippen LogP contribution in [0, 0.1) is 13.8 Å². The first-order valence-corrected chi connectivity index (χ1v) is 7.15. The molecule has 0 fully saturated rings. The lowest BCUT2D eigenvalue weighted by Gasteiger charge is -2.14. The maximum absolute atomic E-state index is 12.4. The minimum absolute atomic E-state index is 0.0302. The van der Waals surface area contributed by atoms with E-state index in [4.69, 9.17) is 0 Å². The number of benzene rings is 1. The highest BCUT2D eigenvalue weighted by atomic mass is 16.2. The van der Waals surface area contributed by atoms with Crippen LogP contribution in [0.25, 0.3) is 6.08 Å². The summed E-state index contributed by atoms with van der Waals surface area (Å²) in [5, 5.41) is 4.36. The van der Waals surface area contributed by atoms with Gasteiger partial charge in [0.15, 0.2) is 0 Å². The van der Waals surface area contributed by atoms with Gasteiger partial charge in [-0.1, -0.05) is 18.2 Å². The number of rotatable bonds is 2. The lowest BCUT2D eigenvalue weighted by Crippen LogP contribution is -2.26. The summed E-state index contributed by atoms with van der Waals surface area (Å²) >= 11 is 0. The molecule has 1 amide bonds. The molecule has 0 saturated heterocycles. The van der Waals surface area contributed by atoms with E-state index in [1.54, 1.807) is 6.08 Å². The number of carbonyl (C=O) groups is 1. The number of aromatic nitrogens is 2. The predicted molar refractivity (Wildman–Crippen MR) is 84.2 cm³/mol. The highest BCUT2D eigenvalue weighted by Gasteiger charge is 2.22. The molecule has 1 aromatic carbocycles. The van der Waals surface area contributed by atoms with Crippen molar-refractivity contribution in [3.05, 3.63) is 52.9 Å². The Bertz CT molecular complexity index is 728. The van der Waals surface area contributed by atoms with E-state index >= 15 is 0 Å². The third-order valence-corrected chi connectivity index (χ3v) is 4.11. The van der Waals surface area contributed by atoms with Gasteiger partial charge in [0.25, 0.3) is 5.91 Å². The van der Waals surface area contributed by atoms with E-state index < -0.39 is 0 Å². The number of nitrogens with zero attached hydrogens (tertiary/aromatic N) is 3. The van der Waals surface area contributed by atoms with Crippen molar-refractivity contribution in [1.82, 2.24) is 9.78 Å². The summed E-state index contributed by atoms with van der Waals surface area (Å²) in [6, 6.07) is 8.09. The van der Waals surface area contributed by atoms with Gasteiger partial charge in [-0.25, -0.2) is 0 Å². The van der Waals surface area contributed by atoms with Crippen molar-refractivity contribution < 1.29 is 4.79 Å². The first kappa shape index (κ1) is 13.6. The fourth-order valence-electron chi connectivity index (χ4n) is 2.84. The number of amides is 1. The maximum atomic E-state index is 12.4. The second-order valence-corrected chi connectivity index (χ2v) is 5.41. The monoisotopic (exact) mass is 281 g/mol. The Morgan fingerprint density at radius 3 is 2.76 bits per heavy atom. The largest absolute Gasteiger partial charge is 0.308 e. The van der Waals surface area contributed by atoms with Gasteiger partial charge < -0.3 is 4.90 Å². The molecule has 2 heterocycles. The molecule has 1 aliphatic heterocycles. The standard InChI is InChI=1S/C17H19N3O/c1-12-15(13(2)19(3)18-12)8-9-17(21)20-11-10-14-6-4-5-7-16(14)20/h4-9H,10-11H2,1-3H3/b9-8+. The molecular formula is C17H19N3O. The van der Waals surface area contributed by atoms with Gasteiger partial charge in [0.05, 0.1) is 5.69 Å². The molecule has 4 heteroatoms. The molecule has 0 aliphatic carbocycles. The molecule has 0 spiro atoms. The molecule has 21 heavy (non-hydrogen) atoms. The van der Waals surface area contributed by atoms with Crippen LogP contribution in [0.5, 0.6) is 0 Å². The molecule has 0 bridgehead atoms. The number of carbonyl (C=O) groups excluding carboxylic acids is 1. The molecule has 2 aromatic rings. The van der Waals surface area contributed by atoms with Crippen LogP contribution in [-0.4, -0.2) is 22.2 Å². The molecule has 1 aromatic heterocycles. The lowest BCUT2D eigenvalue weighted by atomic mass is 10.1. The molecule has 108 valence electrons. The van der Waals surface area contributed by atoms with Crippen LogP contribution < -0.4 is 4.90 Å². The minimum atomic E-state index is 0.0302. The van der Waals surface area contributed by atoms with Crippen LogP contribution in [0.2, 0.25) is 0 Å². The zero-order valence-electron chi connectivity index (χ0n) is 12.6. The zero-order valence-corrected chi connectivity index (χ0v) is 12.6. The van der Waals surface area contributed by atoms with E-state index in [1.807, 2.05) is 54.8 Å². The zero-order chi connectivity index (χ0) is 15.0. The van der Waals surface area contributed by atoms with E-state index in [2.05, 4.69) is 11.2 Å². The van der Waals surface area contributed by atoms with Crippen LogP contribution in [0.15, 0.2) is 30.3 Å². The summed E-state index contributed by atoms with van der Waals surface area (Å²) in [6.07, 6.45) is 4.46. The van der Waals surface area contributed by atoms with E-state index in [-0.39, 0.29) is 5.91 Å². The van der Waals surface area contributed by atoms with Gasteiger partial charge in [-0.05, 0) is 38.0 Å². The molecule has 0 N–H and O–H groups in total. The van der Waals surface area contributed by atoms with Crippen molar-refractivity contribution >= 4 is 17.7 Å². The van der Waals surface area contributed by atoms with Crippen LogP contribution in [0.3, 0.4) is 0 Å². The smallest absolute Gasteiger partial charge is 0.251 e. The predicted octanol–water partition coefficient (Wildman–Crippen LogP) is 2.64. The highest BCUT2D eigenvalue weighted by molar-refractivity contribution is 6.05. The molecule has 1 aliphatic rings. The normalized spacial score (nSPS) is 14.0. The van der Waals surface area contributed by atoms with Crippen molar-refractivity contribution in [3.8, 4) is 0 Å². The quantitative estimate of drug-likeness (QED) is 0.794. The number of para-hydroxylation sites is 1. The Morgan fingerprint density at radius 1 is 1.29 bits per heavy atom. The van der Waals surface area contributed by atoms with Crippen LogP contribution >= 0.6 is 0 Å². The van der Waals surface area contributed by atoms with Crippen molar-refractivity contribution in [2.75, 3.05) is 11.4 Å². The van der Waals surface area contributed by atoms with Crippen LogP contribution in [0.1, 0.15) is 22.5 Å². The van der Waals surface area contributed by atoms with Gasteiger partial charge in [-0.3, -0.25) is 9.48 Å². The average molecular weight is 281 g/mol. The Balaban J connectivity index is 1.83. The van der Waals surface area contributed by atoms with Crippen LogP contribution in [0.4, 0.5) is 5.69 Å². The molecule has 0 radical (unpaired) electrons. The van der Waals surface area contributed by atoms with Gasteiger partial charge >= 0.3 is 0 Å². The first-order chi connectivity index (χ1) is 10.1. The third kappa shape index (κ3) is 2.37. The second kappa shape index (κ2) is 5.20. The number of fused-ring (bicyclic) bond motifs is 1. The molecular weight excluding hydrogens is 262 g/mol. The summed E-state index contributed by atoms with van der Waals surface area (Å²) in [5.74, 6) is 0.0302. The average Bonchev–Trinajstić information content (AvgIpc) is 3.00. The molecule has 0 saturated carbocycles. The van der Waals surface area contributed by atoms with Gasteiger partial charge in [-0.15, -0.1) is 0 Å². The number of hydrogen-bond donors (Lipinski definition) is 0. The van der Waals surface area contributed by atoms with E-state index in [9.17, 15) is 4.79 Å². The van der Waals surface area contributed by atoms with Gasteiger partial charge in [-0.2, -0.15) is 5.10 Å². The topological polar surface area (TPSA) is 38.1 Å². The van der Waals surface area contributed by atoms with Crippen molar-refractivity contribution in [1.29, 1.82) is 0 Å². The summed E-state index contributed by atoms with van der Waals surface area (Å²) in [4.78, 5) is 14.3. The van der Waals surface area contributed by atoms with Crippen molar-refractivity contribution in [3.63, 3.8) is 0 Å². The molecule has 0 atom stereocenters. The minimum Gasteiger partial charge on any atom is -0.308 e. The van der Waals surface area contributed by atoms with Gasteiger partial charge in [0.2, 0.25) is 0 Å². The second-order valence-electron chi connectivity index (χ2n) is 5.41. The van der Waals surface area contributed by atoms with Gasteiger partial charge in [0.1, 0.15) is 0 Å². The van der Waals surface area contributed by atoms with Gasteiger partial charge in [0, 0.05) is 36.6 Å². The summed E-state index contributed by atoms with van der Waals surface area (Å²) in [5.41, 5.74) is 5.32. The number of anilines is 1. The first-order valence-electron chi connectivity index (χ1n) is 7.15. The van der Waals surface area contributed by atoms with E-state index in [1.165, 1.54) is 5.56 Å². The Kier molecular flexibility index (Phi) is 3.37. The number of hydrogen-bond acceptors (Lipinski definition) is 2. The third-order valence-electron chi connectivity index (χ3n) is 4.11. The van der Waals surface area contributed by atoms with Crippen LogP contribution in [-0.2, 0) is 18.3 Å². The van der Waals surface area contributed by atoms with Crippen molar-refractivity contribution in [2.24, 2.45) is 7.05 Å². The lowest BCUT2D eigenvalue weighted by molar-refractivity contribution is -0.114. The summed E-state index contributed by atoms with van der Waals surface area (Å²) < 4.78 is 1.84. The number of aryl methyl sites for hydroxylation is 2. The fourth-order valence-corrected chi connectivity index (χ4v) is 2.84. The van der Waals surface area contributed by atoms with Crippen molar-refractivity contribution in [2.45, 2.75) is 20.3 Å². The van der Waals surface area contributed by atoms with E-state index in [0.29, 0.717) is 0 Å². The maximum Gasteiger partial charge on any atom is 0.251 e. The Morgan fingerprint density at radius 2 is 2.05 bits per heavy atom. The molecule has 0 unspecified atom stereocenters. The Hall–Kier alpha value is -2.36. The molecule has 3 rings (SSSR count). The fraction of sp³-hybridized carbons (Fsp3) is 0.294.